The maximum Gasteiger partial charge on any atom is 0.122 e. The van der Waals surface area contributed by atoms with Crippen LogP contribution in [0.3, 0.4) is 0 Å². The predicted molar refractivity (Wildman–Crippen MR) is 77.3 cm³/mol. The number of benzene rings is 1. The van der Waals surface area contributed by atoms with E-state index in [1.807, 2.05) is 6.07 Å². The Labute approximate surface area is 115 Å². The zero-order valence-electron chi connectivity index (χ0n) is 11.9. The molecule has 3 N–H and O–H groups in total. The van der Waals surface area contributed by atoms with E-state index in [2.05, 4.69) is 19.1 Å². The fourth-order valence-corrected chi connectivity index (χ4v) is 3.02. The van der Waals surface area contributed by atoms with Gasteiger partial charge in [0.1, 0.15) is 5.75 Å². The van der Waals surface area contributed by atoms with Crippen molar-refractivity contribution in [3.63, 3.8) is 0 Å². The summed E-state index contributed by atoms with van der Waals surface area (Å²) in [5.74, 6) is 1.43. The van der Waals surface area contributed by atoms with Crippen LogP contribution in [-0.2, 0) is 6.42 Å². The number of hydrogen-bond donors (Lipinski definition) is 2. The van der Waals surface area contributed by atoms with Crippen LogP contribution >= 0.6 is 0 Å². The lowest BCUT2D eigenvalue weighted by atomic mass is 9.80. The van der Waals surface area contributed by atoms with Gasteiger partial charge in [-0.2, -0.15) is 0 Å². The molecule has 106 valence electrons. The van der Waals surface area contributed by atoms with Gasteiger partial charge >= 0.3 is 0 Å². The molecule has 1 atom stereocenters. The molecule has 0 aliphatic heterocycles. The molecule has 0 heterocycles. The molecule has 3 heteroatoms. The fourth-order valence-electron chi connectivity index (χ4n) is 3.02. The molecule has 1 fully saturated rings. The number of aliphatic hydroxyl groups is 1. The SMILES string of the molecule is CCc1cc(C(N)C2CCC(O)CC2)ccc1OC. The fraction of sp³-hybridized carbons (Fsp3) is 0.625. The molecule has 1 aromatic rings. The first kappa shape index (κ1) is 14.4. The van der Waals surface area contributed by atoms with Gasteiger partial charge in [-0.15, -0.1) is 0 Å². The van der Waals surface area contributed by atoms with Crippen LogP contribution in [0.2, 0.25) is 0 Å². The summed E-state index contributed by atoms with van der Waals surface area (Å²) in [5, 5.41) is 9.57. The molecule has 1 aliphatic carbocycles. The van der Waals surface area contributed by atoms with E-state index in [0.29, 0.717) is 5.92 Å². The van der Waals surface area contributed by atoms with Gasteiger partial charge in [-0.3, -0.25) is 0 Å². The Morgan fingerprint density at radius 3 is 2.58 bits per heavy atom. The summed E-state index contributed by atoms with van der Waals surface area (Å²) in [5.41, 5.74) is 8.82. The molecule has 1 unspecified atom stereocenters. The second-order valence-corrected chi connectivity index (χ2v) is 5.52. The Morgan fingerprint density at radius 1 is 1.32 bits per heavy atom. The van der Waals surface area contributed by atoms with Crippen LogP contribution in [0.15, 0.2) is 18.2 Å². The van der Waals surface area contributed by atoms with Crippen molar-refractivity contribution in [2.24, 2.45) is 11.7 Å². The van der Waals surface area contributed by atoms with Crippen molar-refractivity contribution < 1.29 is 9.84 Å². The molecule has 0 radical (unpaired) electrons. The summed E-state index contributed by atoms with van der Waals surface area (Å²) in [4.78, 5) is 0. The first-order valence-electron chi connectivity index (χ1n) is 7.26. The lowest BCUT2D eigenvalue weighted by molar-refractivity contribution is 0.102. The van der Waals surface area contributed by atoms with Crippen LogP contribution < -0.4 is 10.5 Å². The van der Waals surface area contributed by atoms with E-state index in [4.69, 9.17) is 10.5 Å². The summed E-state index contributed by atoms with van der Waals surface area (Å²) < 4.78 is 5.36. The molecule has 0 amide bonds. The molecule has 1 aliphatic rings. The van der Waals surface area contributed by atoms with Crippen molar-refractivity contribution in [1.82, 2.24) is 0 Å². The van der Waals surface area contributed by atoms with Crippen LogP contribution in [0.5, 0.6) is 5.75 Å². The van der Waals surface area contributed by atoms with Crippen molar-refractivity contribution in [3.05, 3.63) is 29.3 Å². The van der Waals surface area contributed by atoms with E-state index < -0.39 is 0 Å². The van der Waals surface area contributed by atoms with E-state index in [1.165, 1.54) is 11.1 Å². The van der Waals surface area contributed by atoms with Crippen LogP contribution in [0.4, 0.5) is 0 Å². The molecular formula is C16H25NO2. The van der Waals surface area contributed by atoms with Crippen molar-refractivity contribution >= 4 is 0 Å². The highest BCUT2D eigenvalue weighted by atomic mass is 16.5. The van der Waals surface area contributed by atoms with Crippen molar-refractivity contribution in [3.8, 4) is 5.75 Å². The smallest absolute Gasteiger partial charge is 0.122 e. The lowest BCUT2D eigenvalue weighted by Gasteiger charge is -2.30. The summed E-state index contributed by atoms with van der Waals surface area (Å²) in [6.07, 6.45) is 4.65. The number of ether oxygens (including phenoxy) is 1. The van der Waals surface area contributed by atoms with Crippen molar-refractivity contribution in [2.45, 2.75) is 51.2 Å². The highest BCUT2D eigenvalue weighted by Crippen LogP contribution is 2.34. The third kappa shape index (κ3) is 3.28. The number of hydrogen-bond acceptors (Lipinski definition) is 3. The molecule has 1 aromatic carbocycles. The Bertz CT molecular complexity index is 411. The molecule has 0 saturated heterocycles. The van der Waals surface area contributed by atoms with E-state index in [-0.39, 0.29) is 12.1 Å². The first-order valence-corrected chi connectivity index (χ1v) is 7.26. The summed E-state index contributed by atoms with van der Waals surface area (Å²) in [6.45, 7) is 2.13. The van der Waals surface area contributed by atoms with E-state index in [1.54, 1.807) is 7.11 Å². The van der Waals surface area contributed by atoms with Gasteiger partial charge in [0.2, 0.25) is 0 Å². The molecule has 19 heavy (non-hydrogen) atoms. The highest BCUT2D eigenvalue weighted by Gasteiger charge is 2.25. The normalized spacial score (nSPS) is 25.1. The minimum Gasteiger partial charge on any atom is -0.496 e. The molecule has 3 nitrogen and oxygen atoms in total. The topological polar surface area (TPSA) is 55.5 Å². The Hall–Kier alpha value is -1.06. The van der Waals surface area contributed by atoms with Gasteiger partial charge in [-0.05, 0) is 55.2 Å². The molecule has 0 aromatic heterocycles. The highest BCUT2D eigenvalue weighted by molar-refractivity contribution is 5.38. The average Bonchev–Trinajstić information content (AvgIpc) is 2.46. The maximum absolute atomic E-state index is 9.57. The van der Waals surface area contributed by atoms with Gasteiger partial charge < -0.3 is 15.6 Å². The lowest BCUT2D eigenvalue weighted by Crippen LogP contribution is -2.27. The van der Waals surface area contributed by atoms with Crippen LogP contribution in [0.25, 0.3) is 0 Å². The third-order valence-corrected chi connectivity index (χ3v) is 4.32. The number of aliphatic hydroxyl groups excluding tert-OH is 1. The first-order chi connectivity index (χ1) is 9.15. The second kappa shape index (κ2) is 6.40. The standard InChI is InChI=1S/C16H25NO2/c1-3-11-10-13(6-9-15(11)19-2)16(17)12-4-7-14(18)8-5-12/h6,9-10,12,14,16,18H,3-5,7-8,17H2,1-2H3. The van der Waals surface area contributed by atoms with Gasteiger partial charge in [0.25, 0.3) is 0 Å². The zero-order valence-corrected chi connectivity index (χ0v) is 11.9. The van der Waals surface area contributed by atoms with Gasteiger partial charge in [-0.1, -0.05) is 19.1 Å². The number of nitrogens with two attached hydrogens (primary N) is 1. The summed E-state index contributed by atoms with van der Waals surface area (Å²) >= 11 is 0. The van der Waals surface area contributed by atoms with Crippen LogP contribution in [0.1, 0.15) is 49.8 Å². The van der Waals surface area contributed by atoms with Crippen molar-refractivity contribution in [2.75, 3.05) is 7.11 Å². The molecule has 0 bridgehead atoms. The minimum absolute atomic E-state index is 0.0729. The number of methoxy groups -OCH3 is 1. The molecule has 1 saturated carbocycles. The number of aryl methyl sites for hydroxylation is 1. The van der Waals surface area contributed by atoms with Gasteiger partial charge in [-0.25, -0.2) is 0 Å². The number of rotatable bonds is 4. The minimum atomic E-state index is -0.120. The Morgan fingerprint density at radius 2 is 2.00 bits per heavy atom. The van der Waals surface area contributed by atoms with Crippen LogP contribution in [-0.4, -0.2) is 18.3 Å². The van der Waals surface area contributed by atoms with E-state index in [0.717, 1.165) is 37.9 Å². The quantitative estimate of drug-likeness (QED) is 0.878. The summed E-state index contributed by atoms with van der Waals surface area (Å²) in [6, 6.07) is 6.34. The maximum atomic E-state index is 9.57. The Balaban J connectivity index is 2.12. The van der Waals surface area contributed by atoms with Gasteiger partial charge in [0.05, 0.1) is 13.2 Å². The molecular weight excluding hydrogens is 238 g/mol. The largest absolute Gasteiger partial charge is 0.496 e. The molecule has 2 rings (SSSR count). The predicted octanol–water partition coefficient (Wildman–Crippen LogP) is 2.81. The average molecular weight is 263 g/mol. The Kier molecular flexibility index (Phi) is 4.83. The summed E-state index contributed by atoms with van der Waals surface area (Å²) in [7, 11) is 1.70. The third-order valence-electron chi connectivity index (χ3n) is 4.32. The van der Waals surface area contributed by atoms with E-state index in [9.17, 15) is 5.11 Å². The van der Waals surface area contributed by atoms with Crippen molar-refractivity contribution in [1.29, 1.82) is 0 Å². The second-order valence-electron chi connectivity index (χ2n) is 5.52. The molecule has 0 spiro atoms. The van der Waals surface area contributed by atoms with Crippen LogP contribution in [0, 0.1) is 5.92 Å². The van der Waals surface area contributed by atoms with E-state index >= 15 is 0 Å². The van der Waals surface area contributed by atoms with Gasteiger partial charge in [0, 0.05) is 6.04 Å². The monoisotopic (exact) mass is 263 g/mol. The zero-order chi connectivity index (χ0) is 13.8. The van der Waals surface area contributed by atoms with Gasteiger partial charge in [0.15, 0.2) is 0 Å².